The lowest BCUT2D eigenvalue weighted by Crippen LogP contribution is -2.46. The third-order valence-corrected chi connectivity index (χ3v) is 5.43. The van der Waals surface area contributed by atoms with Crippen LogP contribution >= 0.6 is 0 Å². The Hall–Kier alpha value is -2.04. The SMILES string of the molecule is O=C(O)C1CCCC12CCN(C(=O)OCc1ccccc1)CC2. The van der Waals surface area contributed by atoms with Crippen molar-refractivity contribution in [2.75, 3.05) is 13.1 Å². The monoisotopic (exact) mass is 317 g/mol. The van der Waals surface area contributed by atoms with E-state index in [1.807, 2.05) is 30.3 Å². The molecule has 23 heavy (non-hydrogen) atoms. The predicted octanol–water partition coefficient (Wildman–Crippen LogP) is 3.29. The summed E-state index contributed by atoms with van der Waals surface area (Å²) in [6, 6.07) is 9.61. The fourth-order valence-corrected chi connectivity index (χ4v) is 4.07. The molecule has 1 spiro atoms. The van der Waals surface area contributed by atoms with Gasteiger partial charge < -0.3 is 14.7 Å². The molecule has 1 unspecified atom stereocenters. The summed E-state index contributed by atoms with van der Waals surface area (Å²) in [5.74, 6) is -0.924. The molecule has 5 nitrogen and oxygen atoms in total. The quantitative estimate of drug-likeness (QED) is 0.929. The van der Waals surface area contributed by atoms with E-state index >= 15 is 0 Å². The number of rotatable bonds is 3. The normalized spacial score (nSPS) is 23.0. The molecule has 1 saturated carbocycles. The number of carboxylic acids is 1. The fraction of sp³-hybridized carbons (Fsp3) is 0.556. The van der Waals surface area contributed by atoms with Crippen LogP contribution in [0.2, 0.25) is 0 Å². The van der Waals surface area contributed by atoms with E-state index in [9.17, 15) is 14.7 Å². The number of hydrogen-bond acceptors (Lipinski definition) is 3. The molecule has 1 N–H and O–H groups in total. The first-order valence-electron chi connectivity index (χ1n) is 8.29. The molecule has 0 aromatic heterocycles. The molecule has 0 radical (unpaired) electrons. The minimum Gasteiger partial charge on any atom is -0.481 e. The van der Waals surface area contributed by atoms with Crippen LogP contribution < -0.4 is 0 Å². The van der Waals surface area contributed by atoms with Crippen molar-refractivity contribution in [2.24, 2.45) is 11.3 Å². The topological polar surface area (TPSA) is 66.8 Å². The maximum Gasteiger partial charge on any atom is 0.410 e. The molecular formula is C18H23NO4. The Bertz CT molecular complexity index is 564. The first-order valence-corrected chi connectivity index (χ1v) is 8.29. The first kappa shape index (κ1) is 15.8. The van der Waals surface area contributed by atoms with Gasteiger partial charge in [-0.15, -0.1) is 0 Å². The second-order valence-electron chi connectivity index (χ2n) is 6.67. The van der Waals surface area contributed by atoms with Crippen LogP contribution in [-0.4, -0.2) is 35.2 Å². The van der Waals surface area contributed by atoms with E-state index in [0.717, 1.165) is 37.7 Å². The highest BCUT2D eigenvalue weighted by Gasteiger charge is 2.48. The second-order valence-corrected chi connectivity index (χ2v) is 6.67. The van der Waals surface area contributed by atoms with E-state index in [1.165, 1.54) is 0 Å². The second kappa shape index (κ2) is 6.60. The lowest BCUT2D eigenvalue weighted by atomic mass is 9.70. The van der Waals surface area contributed by atoms with Crippen LogP contribution in [0.25, 0.3) is 0 Å². The van der Waals surface area contributed by atoms with Crippen LogP contribution in [0.1, 0.15) is 37.7 Å². The van der Waals surface area contributed by atoms with E-state index in [1.54, 1.807) is 4.90 Å². The smallest absolute Gasteiger partial charge is 0.410 e. The van der Waals surface area contributed by atoms with Crippen molar-refractivity contribution < 1.29 is 19.4 Å². The lowest BCUT2D eigenvalue weighted by Gasteiger charge is -2.41. The van der Waals surface area contributed by atoms with Crippen molar-refractivity contribution in [2.45, 2.75) is 38.7 Å². The number of carboxylic acid groups (broad SMARTS) is 1. The average Bonchev–Trinajstić information content (AvgIpc) is 2.98. The zero-order chi connectivity index (χ0) is 16.3. The van der Waals surface area contributed by atoms with Crippen LogP contribution in [0.4, 0.5) is 4.79 Å². The molecule has 1 aliphatic heterocycles. The van der Waals surface area contributed by atoms with Gasteiger partial charge in [0.2, 0.25) is 0 Å². The summed E-state index contributed by atoms with van der Waals surface area (Å²) in [6.45, 7) is 1.47. The maximum absolute atomic E-state index is 12.2. The number of piperidine rings is 1. The number of benzene rings is 1. The third-order valence-electron chi connectivity index (χ3n) is 5.43. The molecule has 2 fully saturated rings. The van der Waals surface area contributed by atoms with Crippen molar-refractivity contribution in [3.63, 3.8) is 0 Å². The Morgan fingerprint density at radius 2 is 1.87 bits per heavy atom. The van der Waals surface area contributed by atoms with Crippen molar-refractivity contribution >= 4 is 12.1 Å². The van der Waals surface area contributed by atoms with Crippen LogP contribution in [0.15, 0.2) is 30.3 Å². The van der Waals surface area contributed by atoms with E-state index < -0.39 is 5.97 Å². The highest BCUT2D eigenvalue weighted by Crippen LogP contribution is 2.50. The van der Waals surface area contributed by atoms with Gasteiger partial charge in [-0.3, -0.25) is 4.79 Å². The molecule has 124 valence electrons. The van der Waals surface area contributed by atoms with Gasteiger partial charge in [-0.05, 0) is 36.7 Å². The maximum atomic E-state index is 12.2. The summed E-state index contributed by atoms with van der Waals surface area (Å²) in [5.41, 5.74) is 0.859. The van der Waals surface area contributed by atoms with Gasteiger partial charge in [-0.25, -0.2) is 4.79 Å². The molecule has 1 aliphatic carbocycles. The van der Waals surface area contributed by atoms with Gasteiger partial charge in [-0.1, -0.05) is 36.8 Å². The Balaban J connectivity index is 1.52. The van der Waals surface area contributed by atoms with Gasteiger partial charge in [0.05, 0.1) is 5.92 Å². The minimum absolute atomic E-state index is 0.109. The van der Waals surface area contributed by atoms with Crippen molar-refractivity contribution in [3.05, 3.63) is 35.9 Å². The number of carbonyl (C=O) groups is 2. The van der Waals surface area contributed by atoms with Gasteiger partial charge in [0.15, 0.2) is 0 Å². The summed E-state index contributed by atoms with van der Waals surface area (Å²) in [5, 5.41) is 9.41. The summed E-state index contributed by atoms with van der Waals surface area (Å²) in [6.07, 6.45) is 3.96. The largest absolute Gasteiger partial charge is 0.481 e. The number of hydrogen-bond donors (Lipinski definition) is 1. The fourth-order valence-electron chi connectivity index (χ4n) is 4.07. The number of amides is 1. The van der Waals surface area contributed by atoms with E-state index in [2.05, 4.69) is 0 Å². The van der Waals surface area contributed by atoms with Gasteiger partial charge >= 0.3 is 12.1 Å². The van der Waals surface area contributed by atoms with Gasteiger partial charge in [0, 0.05) is 13.1 Å². The number of ether oxygens (including phenoxy) is 1. The molecule has 1 aromatic rings. The Kier molecular flexibility index (Phi) is 4.55. The summed E-state index contributed by atoms with van der Waals surface area (Å²) >= 11 is 0. The van der Waals surface area contributed by atoms with Crippen LogP contribution in [0, 0.1) is 11.3 Å². The summed E-state index contributed by atoms with van der Waals surface area (Å²) in [4.78, 5) is 25.3. The standard InChI is InChI=1S/C18H23NO4/c20-16(21)15-7-4-8-18(15)9-11-19(12-10-18)17(22)23-13-14-5-2-1-3-6-14/h1-3,5-6,15H,4,7-13H2,(H,20,21). The molecule has 0 bridgehead atoms. The average molecular weight is 317 g/mol. The highest BCUT2D eigenvalue weighted by atomic mass is 16.6. The molecule has 2 aliphatic rings. The first-order chi connectivity index (χ1) is 11.1. The third kappa shape index (κ3) is 3.33. The zero-order valence-electron chi connectivity index (χ0n) is 13.2. The Labute approximate surface area is 136 Å². The van der Waals surface area contributed by atoms with Crippen molar-refractivity contribution in [3.8, 4) is 0 Å². The molecule has 1 heterocycles. The van der Waals surface area contributed by atoms with Crippen LogP contribution in [0.3, 0.4) is 0 Å². The summed E-state index contributed by atoms with van der Waals surface area (Å²) < 4.78 is 5.36. The predicted molar refractivity (Wildman–Crippen MR) is 84.8 cm³/mol. The van der Waals surface area contributed by atoms with Gasteiger partial charge in [-0.2, -0.15) is 0 Å². The molecule has 1 saturated heterocycles. The van der Waals surface area contributed by atoms with E-state index in [0.29, 0.717) is 13.1 Å². The minimum atomic E-state index is -0.678. The Morgan fingerprint density at radius 1 is 1.17 bits per heavy atom. The molecule has 1 atom stereocenters. The van der Waals surface area contributed by atoms with Crippen LogP contribution in [0.5, 0.6) is 0 Å². The summed E-state index contributed by atoms with van der Waals surface area (Å²) in [7, 11) is 0. The van der Waals surface area contributed by atoms with Crippen LogP contribution in [-0.2, 0) is 16.1 Å². The zero-order valence-corrected chi connectivity index (χ0v) is 13.2. The molecule has 5 heteroatoms. The Morgan fingerprint density at radius 3 is 2.52 bits per heavy atom. The van der Waals surface area contributed by atoms with Gasteiger partial charge in [0.25, 0.3) is 0 Å². The van der Waals surface area contributed by atoms with E-state index in [4.69, 9.17) is 4.74 Å². The highest BCUT2D eigenvalue weighted by molar-refractivity contribution is 5.72. The van der Waals surface area contributed by atoms with E-state index in [-0.39, 0.29) is 24.0 Å². The van der Waals surface area contributed by atoms with Gasteiger partial charge in [0.1, 0.15) is 6.61 Å². The van der Waals surface area contributed by atoms with Crippen molar-refractivity contribution in [1.82, 2.24) is 4.90 Å². The lowest BCUT2D eigenvalue weighted by molar-refractivity contribution is -0.146. The van der Waals surface area contributed by atoms with Crippen molar-refractivity contribution in [1.29, 1.82) is 0 Å². The molecular weight excluding hydrogens is 294 g/mol. The number of likely N-dealkylation sites (tertiary alicyclic amines) is 1. The number of aliphatic carboxylic acids is 1. The number of nitrogens with zero attached hydrogens (tertiary/aromatic N) is 1. The molecule has 1 amide bonds. The number of carbonyl (C=O) groups excluding carboxylic acids is 1. The molecule has 3 rings (SSSR count). The molecule has 1 aromatic carbocycles.